The van der Waals surface area contributed by atoms with Gasteiger partial charge in [0, 0.05) is 63.6 Å². The van der Waals surface area contributed by atoms with Crippen molar-refractivity contribution < 1.29 is 23.8 Å². The molecule has 1 aromatic carbocycles. The van der Waals surface area contributed by atoms with Gasteiger partial charge in [-0.05, 0) is 57.7 Å². The Kier molecular flexibility index (Phi) is 8.58. The van der Waals surface area contributed by atoms with Gasteiger partial charge in [0.2, 0.25) is 0 Å². The van der Waals surface area contributed by atoms with Crippen LogP contribution in [0.15, 0.2) is 24.5 Å². The van der Waals surface area contributed by atoms with Crippen LogP contribution in [0, 0.1) is 0 Å². The molecule has 222 valence electrons. The SMILES string of the molecule is COCCCn1nc(-c2cnn(C)c2)c2c(Cl)cc(CN(C(=O)[C@H]3CN(C(=O)OC(C)(C)C)CCO3)C3CC3)cc21. The first-order valence-corrected chi connectivity index (χ1v) is 14.5. The summed E-state index contributed by atoms with van der Waals surface area (Å²) in [6.07, 6.45) is 5.19. The van der Waals surface area contributed by atoms with Crippen molar-refractivity contribution in [3.63, 3.8) is 0 Å². The van der Waals surface area contributed by atoms with Crippen LogP contribution in [0.5, 0.6) is 0 Å². The van der Waals surface area contributed by atoms with Gasteiger partial charge in [0.05, 0.1) is 29.9 Å². The van der Waals surface area contributed by atoms with Crippen LogP contribution in [-0.4, -0.2) is 92.5 Å². The smallest absolute Gasteiger partial charge is 0.410 e. The lowest BCUT2D eigenvalue weighted by atomic mass is 10.1. The first-order valence-electron chi connectivity index (χ1n) is 14.1. The molecule has 0 bridgehead atoms. The van der Waals surface area contributed by atoms with E-state index in [1.165, 1.54) is 0 Å². The summed E-state index contributed by atoms with van der Waals surface area (Å²) in [4.78, 5) is 29.9. The molecule has 2 aliphatic rings. The second kappa shape index (κ2) is 12.0. The first-order chi connectivity index (χ1) is 19.5. The molecule has 1 saturated carbocycles. The molecule has 2 amide bonds. The Balaban J connectivity index is 1.40. The zero-order valence-corrected chi connectivity index (χ0v) is 25.2. The van der Waals surface area contributed by atoms with Gasteiger partial charge in [-0.1, -0.05) is 11.6 Å². The van der Waals surface area contributed by atoms with E-state index in [4.69, 9.17) is 30.9 Å². The number of fused-ring (bicyclic) bond motifs is 1. The molecule has 3 heterocycles. The van der Waals surface area contributed by atoms with E-state index in [2.05, 4.69) is 11.2 Å². The number of benzene rings is 1. The second-order valence-electron chi connectivity index (χ2n) is 11.8. The van der Waals surface area contributed by atoms with E-state index < -0.39 is 17.8 Å². The zero-order chi connectivity index (χ0) is 29.3. The number of halogens is 1. The van der Waals surface area contributed by atoms with Crippen molar-refractivity contribution in [2.24, 2.45) is 7.05 Å². The van der Waals surface area contributed by atoms with Crippen LogP contribution in [0.3, 0.4) is 0 Å². The highest BCUT2D eigenvalue weighted by Gasteiger charge is 2.39. The lowest BCUT2D eigenvalue weighted by Gasteiger charge is -2.36. The van der Waals surface area contributed by atoms with Crippen LogP contribution in [0.1, 0.15) is 45.6 Å². The Hall–Kier alpha value is -3.15. The van der Waals surface area contributed by atoms with Gasteiger partial charge in [-0.2, -0.15) is 10.2 Å². The minimum Gasteiger partial charge on any atom is -0.444 e. The highest BCUT2D eigenvalue weighted by atomic mass is 35.5. The highest BCUT2D eigenvalue weighted by molar-refractivity contribution is 6.36. The van der Waals surface area contributed by atoms with Crippen LogP contribution in [0.2, 0.25) is 5.02 Å². The summed E-state index contributed by atoms with van der Waals surface area (Å²) in [5, 5.41) is 10.6. The lowest BCUT2D eigenvalue weighted by Crippen LogP contribution is -2.53. The van der Waals surface area contributed by atoms with Crippen LogP contribution < -0.4 is 0 Å². The fraction of sp³-hybridized carbons (Fsp3) is 0.586. The number of amides is 2. The van der Waals surface area contributed by atoms with Crippen molar-refractivity contribution in [3.8, 4) is 11.3 Å². The number of hydrogen-bond acceptors (Lipinski definition) is 7. The average Bonchev–Trinajstić information content (AvgIpc) is 3.57. The molecule has 2 aromatic heterocycles. The van der Waals surface area contributed by atoms with Gasteiger partial charge < -0.3 is 24.0 Å². The van der Waals surface area contributed by atoms with E-state index in [0.717, 1.165) is 47.0 Å². The molecule has 1 aliphatic heterocycles. The number of ether oxygens (including phenoxy) is 3. The third kappa shape index (κ3) is 6.85. The number of carbonyl (C=O) groups is 2. The molecule has 1 aliphatic carbocycles. The Morgan fingerprint density at radius 1 is 1.24 bits per heavy atom. The van der Waals surface area contributed by atoms with Crippen LogP contribution >= 0.6 is 11.6 Å². The molecule has 2 fully saturated rings. The molecule has 12 heteroatoms. The predicted molar refractivity (Wildman–Crippen MR) is 155 cm³/mol. The number of aromatic nitrogens is 4. The number of morpholine rings is 1. The topological polar surface area (TPSA) is 104 Å². The van der Waals surface area contributed by atoms with Gasteiger partial charge in [0.25, 0.3) is 5.91 Å². The van der Waals surface area contributed by atoms with Crippen molar-refractivity contribution >= 4 is 34.5 Å². The van der Waals surface area contributed by atoms with E-state index in [1.54, 1.807) is 22.9 Å². The lowest BCUT2D eigenvalue weighted by molar-refractivity contribution is -0.150. The molecule has 3 aromatic rings. The maximum absolute atomic E-state index is 13.8. The van der Waals surface area contributed by atoms with Gasteiger partial charge in [-0.3, -0.25) is 14.2 Å². The van der Waals surface area contributed by atoms with Crippen LogP contribution in [0.4, 0.5) is 4.79 Å². The molecule has 0 radical (unpaired) electrons. The number of carbonyl (C=O) groups excluding carboxylic acids is 2. The van der Waals surface area contributed by atoms with Crippen molar-refractivity contribution in [1.82, 2.24) is 29.4 Å². The average molecular weight is 587 g/mol. The maximum Gasteiger partial charge on any atom is 0.410 e. The quantitative estimate of drug-likeness (QED) is 0.345. The molecule has 41 heavy (non-hydrogen) atoms. The Morgan fingerprint density at radius 2 is 2.02 bits per heavy atom. The Bertz CT molecular complexity index is 1410. The minimum absolute atomic E-state index is 0.123. The molecule has 1 atom stereocenters. The number of aryl methyl sites for hydroxylation is 2. The molecule has 1 saturated heterocycles. The van der Waals surface area contributed by atoms with Gasteiger partial charge in [0.15, 0.2) is 6.10 Å². The number of methoxy groups -OCH3 is 1. The number of rotatable bonds is 9. The second-order valence-corrected chi connectivity index (χ2v) is 12.2. The van der Waals surface area contributed by atoms with E-state index in [9.17, 15) is 9.59 Å². The first kappa shape index (κ1) is 29.3. The summed E-state index contributed by atoms with van der Waals surface area (Å²) >= 11 is 6.92. The van der Waals surface area contributed by atoms with Crippen LogP contribution in [-0.2, 0) is 39.1 Å². The van der Waals surface area contributed by atoms with Crippen molar-refractivity contribution in [3.05, 3.63) is 35.1 Å². The molecule has 11 nitrogen and oxygen atoms in total. The molecule has 0 unspecified atom stereocenters. The highest BCUT2D eigenvalue weighted by Crippen LogP contribution is 2.36. The molecule has 0 N–H and O–H groups in total. The molecule has 0 spiro atoms. The number of nitrogens with zero attached hydrogens (tertiary/aromatic N) is 6. The van der Waals surface area contributed by atoms with E-state index in [1.807, 2.05) is 49.7 Å². The summed E-state index contributed by atoms with van der Waals surface area (Å²) in [5.74, 6) is -0.123. The molecular formula is C29H39ClN6O5. The molecular weight excluding hydrogens is 548 g/mol. The van der Waals surface area contributed by atoms with E-state index in [-0.39, 0.29) is 25.1 Å². The van der Waals surface area contributed by atoms with Gasteiger partial charge in [-0.15, -0.1) is 0 Å². The monoisotopic (exact) mass is 586 g/mol. The van der Waals surface area contributed by atoms with Crippen molar-refractivity contribution in [1.29, 1.82) is 0 Å². The normalized spacial score (nSPS) is 17.7. The standard InChI is InChI=1S/C29H39ClN6O5/c1-29(2,3)41-28(38)34-10-12-40-24(18-34)27(37)35(21-7-8-21)16-19-13-22(30)25-23(14-19)36(9-6-11-39-5)32-26(25)20-15-31-33(4)17-20/h13-15,17,21,24H,6-12,16,18H2,1-5H3/t24-/m1/s1. The summed E-state index contributed by atoms with van der Waals surface area (Å²) in [6, 6.07) is 4.12. The third-order valence-corrected chi connectivity index (χ3v) is 7.48. The minimum atomic E-state index is -0.743. The fourth-order valence-electron chi connectivity index (χ4n) is 5.12. The number of hydrogen-bond donors (Lipinski definition) is 0. The van der Waals surface area contributed by atoms with E-state index >= 15 is 0 Å². The van der Waals surface area contributed by atoms with E-state index in [0.29, 0.717) is 31.3 Å². The van der Waals surface area contributed by atoms with Gasteiger partial charge >= 0.3 is 6.09 Å². The van der Waals surface area contributed by atoms with Gasteiger partial charge in [-0.25, -0.2) is 4.79 Å². The summed E-state index contributed by atoms with van der Waals surface area (Å²) in [6.45, 7) is 7.98. The predicted octanol–water partition coefficient (Wildman–Crippen LogP) is 4.25. The van der Waals surface area contributed by atoms with Crippen molar-refractivity contribution in [2.45, 2.75) is 70.9 Å². The Morgan fingerprint density at radius 3 is 2.68 bits per heavy atom. The Labute approximate surface area is 245 Å². The largest absolute Gasteiger partial charge is 0.444 e. The summed E-state index contributed by atoms with van der Waals surface area (Å²) in [5.41, 5.74) is 2.86. The van der Waals surface area contributed by atoms with Crippen molar-refractivity contribution in [2.75, 3.05) is 33.4 Å². The maximum atomic E-state index is 13.8. The summed E-state index contributed by atoms with van der Waals surface area (Å²) in [7, 11) is 3.55. The fourth-order valence-corrected chi connectivity index (χ4v) is 5.45. The third-order valence-electron chi connectivity index (χ3n) is 7.18. The zero-order valence-electron chi connectivity index (χ0n) is 24.4. The van der Waals surface area contributed by atoms with Crippen LogP contribution in [0.25, 0.3) is 22.2 Å². The summed E-state index contributed by atoms with van der Waals surface area (Å²) < 4.78 is 20.4. The molecule has 5 rings (SSSR count). The van der Waals surface area contributed by atoms with Gasteiger partial charge in [0.1, 0.15) is 11.3 Å².